The Hall–Kier alpha value is -1.99. The second-order valence-electron chi connectivity index (χ2n) is 3.87. The molecule has 0 bridgehead atoms. The first-order valence-corrected chi connectivity index (χ1v) is 5.66. The number of amides is 1. The minimum absolute atomic E-state index is 0.134. The fourth-order valence-corrected chi connectivity index (χ4v) is 1.39. The van der Waals surface area contributed by atoms with Gasteiger partial charge in [0.25, 0.3) is 11.6 Å². The van der Waals surface area contributed by atoms with E-state index < -0.39 is 10.8 Å². The Balaban J connectivity index is 2.61. The van der Waals surface area contributed by atoms with Crippen molar-refractivity contribution in [1.29, 1.82) is 0 Å². The van der Waals surface area contributed by atoms with Gasteiger partial charge in [-0.05, 0) is 18.6 Å². The molecule has 0 aliphatic rings. The number of ether oxygens (including phenoxy) is 2. The number of nitro benzene ring substituents is 1. The lowest BCUT2D eigenvalue weighted by Gasteiger charge is -2.07. The maximum Gasteiger partial charge on any atom is 0.293 e. The molecule has 0 saturated carbocycles. The van der Waals surface area contributed by atoms with Crippen LogP contribution in [0.3, 0.4) is 0 Å². The van der Waals surface area contributed by atoms with E-state index in [1.165, 1.54) is 19.2 Å². The van der Waals surface area contributed by atoms with Crippen LogP contribution in [0.4, 0.5) is 11.4 Å². The van der Waals surface area contributed by atoms with Gasteiger partial charge in [0, 0.05) is 13.2 Å². The average Bonchev–Trinajstić information content (AvgIpc) is 2.36. The molecule has 7 heteroatoms. The van der Waals surface area contributed by atoms with Crippen LogP contribution < -0.4 is 5.32 Å². The lowest BCUT2D eigenvalue weighted by atomic mass is 10.2. The number of hydrogen-bond acceptors (Lipinski definition) is 5. The Bertz CT molecular complexity index is 461. The summed E-state index contributed by atoms with van der Waals surface area (Å²) < 4.78 is 9.78. The monoisotopic (exact) mass is 268 g/mol. The number of methoxy groups -OCH3 is 1. The molecule has 1 rings (SSSR count). The molecule has 0 aliphatic carbocycles. The molecular weight excluding hydrogens is 252 g/mol. The Labute approximate surface area is 110 Å². The molecule has 7 nitrogen and oxygen atoms in total. The van der Waals surface area contributed by atoms with Crippen molar-refractivity contribution in [3.05, 3.63) is 33.9 Å². The highest BCUT2D eigenvalue weighted by atomic mass is 16.6. The molecular formula is C12H16N2O5. The lowest BCUT2D eigenvalue weighted by molar-refractivity contribution is -0.384. The topological polar surface area (TPSA) is 90.7 Å². The first-order valence-electron chi connectivity index (χ1n) is 5.66. The molecule has 0 aliphatic heterocycles. The van der Waals surface area contributed by atoms with Crippen molar-refractivity contribution in [3.63, 3.8) is 0 Å². The summed E-state index contributed by atoms with van der Waals surface area (Å²) in [7, 11) is 1.53. The fraction of sp³-hybridized carbons (Fsp3) is 0.417. The van der Waals surface area contributed by atoms with Crippen LogP contribution in [0.15, 0.2) is 18.2 Å². The summed E-state index contributed by atoms with van der Waals surface area (Å²) in [6.07, 6.45) is 0. The molecule has 1 aromatic rings. The number of carbonyl (C=O) groups excluding carboxylic acids is 1. The number of hydrogen-bond donors (Lipinski definition) is 1. The summed E-state index contributed by atoms with van der Waals surface area (Å²) in [4.78, 5) is 21.9. The van der Waals surface area contributed by atoms with Crippen molar-refractivity contribution in [2.45, 2.75) is 6.92 Å². The summed E-state index contributed by atoms with van der Waals surface area (Å²) in [5, 5.41) is 13.3. The van der Waals surface area contributed by atoms with E-state index in [2.05, 4.69) is 5.32 Å². The fourth-order valence-electron chi connectivity index (χ4n) is 1.39. The van der Waals surface area contributed by atoms with Crippen molar-refractivity contribution in [3.8, 4) is 0 Å². The number of aryl methyl sites for hydroxylation is 1. The van der Waals surface area contributed by atoms with Crippen molar-refractivity contribution in [2.75, 3.05) is 32.2 Å². The molecule has 0 aromatic heterocycles. The van der Waals surface area contributed by atoms with Crippen LogP contribution in [0.1, 0.15) is 5.56 Å². The smallest absolute Gasteiger partial charge is 0.293 e. The number of nitrogens with zero attached hydrogens (tertiary/aromatic N) is 1. The van der Waals surface area contributed by atoms with Gasteiger partial charge in [0.1, 0.15) is 12.3 Å². The van der Waals surface area contributed by atoms with E-state index in [4.69, 9.17) is 9.47 Å². The number of carbonyl (C=O) groups is 1. The predicted octanol–water partition coefficient (Wildman–Crippen LogP) is 1.50. The van der Waals surface area contributed by atoms with Crippen molar-refractivity contribution >= 4 is 17.3 Å². The molecule has 104 valence electrons. The first kappa shape index (κ1) is 15.1. The Morgan fingerprint density at radius 1 is 1.42 bits per heavy atom. The first-order chi connectivity index (χ1) is 9.04. The molecule has 0 saturated heterocycles. The second kappa shape index (κ2) is 7.45. The number of rotatable bonds is 7. The third-order valence-electron chi connectivity index (χ3n) is 2.29. The zero-order valence-corrected chi connectivity index (χ0v) is 10.8. The molecule has 1 aromatic carbocycles. The van der Waals surface area contributed by atoms with Crippen LogP contribution in [0.2, 0.25) is 0 Å². The predicted molar refractivity (Wildman–Crippen MR) is 69.2 cm³/mol. The van der Waals surface area contributed by atoms with E-state index in [0.717, 1.165) is 5.56 Å². The van der Waals surface area contributed by atoms with E-state index in [9.17, 15) is 14.9 Å². The van der Waals surface area contributed by atoms with Crippen LogP contribution >= 0.6 is 0 Å². The van der Waals surface area contributed by atoms with E-state index in [-0.39, 0.29) is 18.0 Å². The highest BCUT2D eigenvalue weighted by Gasteiger charge is 2.15. The SMILES string of the molecule is COCCOCC(=O)Nc1ccc(C)cc1[N+](=O)[O-]. The minimum atomic E-state index is -0.533. The largest absolute Gasteiger partial charge is 0.382 e. The lowest BCUT2D eigenvalue weighted by Crippen LogP contribution is -2.20. The van der Waals surface area contributed by atoms with Gasteiger partial charge in [0.15, 0.2) is 0 Å². The Morgan fingerprint density at radius 2 is 2.16 bits per heavy atom. The highest BCUT2D eigenvalue weighted by molar-refractivity contribution is 5.94. The third-order valence-corrected chi connectivity index (χ3v) is 2.29. The third kappa shape index (κ3) is 5.02. The van der Waals surface area contributed by atoms with Crippen LogP contribution in [0.5, 0.6) is 0 Å². The Morgan fingerprint density at radius 3 is 2.79 bits per heavy atom. The van der Waals surface area contributed by atoms with Gasteiger partial charge in [-0.1, -0.05) is 6.07 Å². The van der Waals surface area contributed by atoms with E-state index in [0.29, 0.717) is 13.2 Å². The summed E-state index contributed by atoms with van der Waals surface area (Å²) >= 11 is 0. The van der Waals surface area contributed by atoms with Crippen LogP contribution in [-0.2, 0) is 14.3 Å². The number of anilines is 1. The van der Waals surface area contributed by atoms with Gasteiger partial charge >= 0.3 is 0 Å². The van der Waals surface area contributed by atoms with Crippen molar-refractivity contribution < 1.29 is 19.2 Å². The molecule has 1 N–H and O–H groups in total. The van der Waals surface area contributed by atoms with Crippen molar-refractivity contribution in [2.24, 2.45) is 0 Å². The van der Waals surface area contributed by atoms with Gasteiger partial charge in [-0.15, -0.1) is 0 Å². The zero-order chi connectivity index (χ0) is 14.3. The number of nitro groups is 1. The normalized spacial score (nSPS) is 10.2. The molecule has 0 heterocycles. The summed E-state index contributed by atoms with van der Waals surface area (Å²) in [6.45, 7) is 2.25. The molecule has 0 unspecified atom stereocenters. The standard InChI is InChI=1S/C12H16N2O5/c1-9-3-4-10(11(7-9)14(16)17)13-12(15)8-19-6-5-18-2/h3-4,7H,5-6,8H2,1-2H3,(H,13,15). The second-order valence-corrected chi connectivity index (χ2v) is 3.87. The summed E-state index contributed by atoms with van der Waals surface area (Å²) in [6, 6.07) is 4.59. The van der Waals surface area contributed by atoms with Crippen molar-refractivity contribution in [1.82, 2.24) is 0 Å². The van der Waals surface area contributed by atoms with Crippen LogP contribution in [0, 0.1) is 17.0 Å². The Kier molecular flexibility index (Phi) is 5.91. The molecule has 19 heavy (non-hydrogen) atoms. The summed E-state index contributed by atoms with van der Waals surface area (Å²) in [5.74, 6) is -0.442. The van der Waals surface area contributed by atoms with Crippen LogP contribution in [-0.4, -0.2) is 37.8 Å². The average molecular weight is 268 g/mol. The minimum Gasteiger partial charge on any atom is -0.382 e. The van der Waals surface area contributed by atoms with Gasteiger partial charge in [0.05, 0.1) is 18.1 Å². The molecule has 1 amide bonds. The van der Waals surface area contributed by atoms with Gasteiger partial charge in [-0.25, -0.2) is 0 Å². The van der Waals surface area contributed by atoms with Crippen LogP contribution in [0.25, 0.3) is 0 Å². The van der Waals surface area contributed by atoms with Gasteiger partial charge in [0.2, 0.25) is 0 Å². The quantitative estimate of drug-likeness (QED) is 0.460. The maximum atomic E-state index is 11.5. The zero-order valence-electron chi connectivity index (χ0n) is 10.8. The maximum absolute atomic E-state index is 11.5. The molecule has 0 fully saturated rings. The van der Waals surface area contributed by atoms with E-state index >= 15 is 0 Å². The van der Waals surface area contributed by atoms with E-state index in [1.54, 1.807) is 13.0 Å². The van der Waals surface area contributed by atoms with Gasteiger partial charge in [-0.3, -0.25) is 14.9 Å². The highest BCUT2D eigenvalue weighted by Crippen LogP contribution is 2.25. The number of benzene rings is 1. The summed E-state index contributed by atoms with van der Waals surface area (Å²) in [5.41, 5.74) is 0.780. The molecule has 0 atom stereocenters. The van der Waals surface area contributed by atoms with E-state index in [1.807, 2.05) is 0 Å². The van der Waals surface area contributed by atoms with Gasteiger partial charge < -0.3 is 14.8 Å². The number of nitrogens with one attached hydrogen (secondary N) is 1. The molecule has 0 radical (unpaired) electrons. The molecule has 0 spiro atoms. The van der Waals surface area contributed by atoms with Gasteiger partial charge in [-0.2, -0.15) is 0 Å².